The second-order valence-corrected chi connectivity index (χ2v) is 8.51. The van der Waals surface area contributed by atoms with Crippen molar-refractivity contribution in [1.82, 2.24) is 10.7 Å². The van der Waals surface area contributed by atoms with Crippen LogP contribution in [0.25, 0.3) is 0 Å². The molecular formula is C26H24Cl2N4O6. The first-order valence-electron chi connectivity index (χ1n) is 11.1. The molecular weight excluding hydrogens is 535 g/mol. The molecule has 10 nitrogen and oxygen atoms in total. The molecule has 3 N–H and O–H groups in total. The quantitative estimate of drug-likeness (QED) is 0.197. The van der Waals surface area contributed by atoms with E-state index in [1.165, 1.54) is 13.3 Å². The van der Waals surface area contributed by atoms with E-state index in [0.717, 1.165) is 5.56 Å². The molecule has 0 aromatic heterocycles. The minimum Gasteiger partial charge on any atom is -0.497 e. The molecule has 0 spiro atoms. The Morgan fingerprint density at radius 1 is 0.868 bits per heavy atom. The molecule has 0 unspecified atom stereocenters. The molecule has 0 aliphatic heterocycles. The Bertz CT molecular complexity index is 1310. The van der Waals surface area contributed by atoms with Crippen molar-refractivity contribution in [2.24, 2.45) is 5.10 Å². The Balaban J connectivity index is 1.48. The highest BCUT2D eigenvalue weighted by Crippen LogP contribution is 2.28. The Hall–Kier alpha value is -4.28. The number of halogens is 2. The predicted octanol–water partition coefficient (Wildman–Crippen LogP) is 3.79. The number of anilines is 1. The number of nitrogens with zero attached hydrogens (tertiary/aromatic N) is 1. The Morgan fingerprint density at radius 3 is 2.24 bits per heavy atom. The maximum Gasteiger partial charge on any atom is 0.329 e. The standard InChI is InChI=1S/C26H24Cl2N4O6/c1-36-21-6-3-16(4-7-21)13-29-25(34)26(35)32-30-14-17-5-8-22(23(9-17)37-2)38-15-24(33)31-20-11-18(27)10-19(28)12-20/h3-12,14H,13,15H2,1-2H3,(H,29,34)(H,31,33)(H,32,35)/b30-14-. The molecule has 0 saturated heterocycles. The van der Waals surface area contributed by atoms with Gasteiger partial charge in [0.25, 0.3) is 5.91 Å². The first-order chi connectivity index (χ1) is 18.3. The molecule has 0 heterocycles. The second kappa shape index (κ2) is 13.9. The van der Waals surface area contributed by atoms with Crippen LogP contribution in [0.1, 0.15) is 11.1 Å². The van der Waals surface area contributed by atoms with E-state index in [0.29, 0.717) is 38.5 Å². The number of amides is 3. The fourth-order valence-electron chi connectivity index (χ4n) is 3.07. The van der Waals surface area contributed by atoms with E-state index in [1.54, 1.807) is 67.8 Å². The fourth-order valence-corrected chi connectivity index (χ4v) is 3.60. The third kappa shape index (κ3) is 8.68. The maximum atomic E-state index is 12.2. The summed E-state index contributed by atoms with van der Waals surface area (Å²) in [5.41, 5.74) is 3.95. The van der Waals surface area contributed by atoms with Crippen LogP contribution in [-0.4, -0.2) is 44.8 Å². The number of benzene rings is 3. The van der Waals surface area contributed by atoms with Gasteiger partial charge in [0.05, 0.1) is 20.4 Å². The lowest BCUT2D eigenvalue weighted by molar-refractivity contribution is -0.139. The lowest BCUT2D eigenvalue weighted by atomic mass is 10.2. The van der Waals surface area contributed by atoms with Crippen LogP contribution in [0.2, 0.25) is 10.0 Å². The first kappa shape index (κ1) is 28.3. The average molecular weight is 559 g/mol. The third-order valence-electron chi connectivity index (χ3n) is 4.89. The molecule has 198 valence electrons. The SMILES string of the molecule is COc1ccc(CNC(=O)C(=O)N/N=C\c2ccc(OCC(=O)Nc3cc(Cl)cc(Cl)c3)c(OC)c2)cc1. The molecule has 0 atom stereocenters. The zero-order valence-corrected chi connectivity index (χ0v) is 21.9. The summed E-state index contributed by atoms with van der Waals surface area (Å²) in [6, 6.07) is 16.5. The van der Waals surface area contributed by atoms with Crippen molar-refractivity contribution in [2.75, 3.05) is 26.1 Å². The van der Waals surface area contributed by atoms with Crippen molar-refractivity contribution in [3.8, 4) is 17.2 Å². The summed E-state index contributed by atoms with van der Waals surface area (Å²) in [6.45, 7) is -0.126. The van der Waals surface area contributed by atoms with Crippen molar-refractivity contribution in [2.45, 2.75) is 6.54 Å². The van der Waals surface area contributed by atoms with Gasteiger partial charge in [0.1, 0.15) is 5.75 Å². The zero-order chi connectivity index (χ0) is 27.5. The molecule has 0 fully saturated rings. The van der Waals surface area contributed by atoms with Crippen molar-refractivity contribution in [3.63, 3.8) is 0 Å². The van der Waals surface area contributed by atoms with E-state index < -0.39 is 17.7 Å². The number of carbonyl (C=O) groups is 3. The maximum absolute atomic E-state index is 12.2. The van der Waals surface area contributed by atoms with Gasteiger partial charge in [-0.2, -0.15) is 5.10 Å². The number of rotatable bonds is 10. The largest absolute Gasteiger partial charge is 0.497 e. The second-order valence-electron chi connectivity index (χ2n) is 7.64. The fraction of sp³-hybridized carbons (Fsp3) is 0.154. The molecule has 0 bridgehead atoms. The van der Waals surface area contributed by atoms with Gasteiger partial charge in [0.2, 0.25) is 0 Å². The number of nitrogens with one attached hydrogen (secondary N) is 3. The van der Waals surface area contributed by atoms with Gasteiger partial charge in [-0.15, -0.1) is 0 Å². The van der Waals surface area contributed by atoms with E-state index in [-0.39, 0.29) is 13.2 Å². The van der Waals surface area contributed by atoms with E-state index in [4.69, 9.17) is 37.4 Å². The zero-order valence-electron chi connectivity index (χ0n) is 20.4. The van der Waals surface area contributed by atoms with Gasteiger partial charge in [0, 0.05) is 22.3 Å². The van der Waals surface area contributed by atoms with Crippen LogP contribution < -0.4 is 30.3 Å². The number of ether oxygens (including phenoxy) is 3. The van der Waals surface area contributed by atoms with Crippen LogP contribution in [0, 0.1) is 0 Å². The Morgan fingerprint density at radius 2 is 1.58 bits per heavy atom. The molecule has 0 aliphatic carbocycles. The minimum atomic E-state index is -0.923. The summed E-state index contributed by atoms with van der Waals surface area (Å²) in [7, 11) is 2.99. The number of methoxy groups -OCH3 is 2. The molecule has 3 amide bonds. The van der Waals surface area contributed by atoms with Crippen molar-refractivity contribution >= 4 is 52.8 Å². The Labute approximate surface area is 228 Å². The summed E-state index contributed by atoms with van der Waals surface area (Å²) in [6.07, 6.45) is 1.33. The monoisotopic (exact) mass is 558 g/mol. The van der Waals surface area contributed by atoms with Gasteiger partial charge < -0.3 is 24.8 Å². The molecule has 0 saturated carbocycles. The average Bonchev–Trinajstić information content (AvgIpc) is 2.90. The highest BCUT2D eigenvalue weighted by molar-refractivity contribution is 6.35. The van der Waals surface area contributed by atoms with Gasteiger partial charge in [-0.1, -0.05) is 35.3 Å². The van der Waals surface area contributed by atoms with Crippen molar-refractivity contribution < 1.29 is 28.6 Å². The predicted molar refractivity (Wildman–Crippen MR) is 144 cm³/mol. The van der Waals surface area contributed by atoms with Gasteiger partial charge in [-0.05, 0) is 59.7 Å². The Kier molecular flexibility index (Phi) is 10.3. The summed E-state index contributed by atoms with van der Waals surface area (Å²) >= 11 is 11.9. The number of carbonyl (C=O) groups excluding carboxylic acids is 3. The molecule has 0 aliphatic rings. The lowest BCUT2D eigenvalue weighted by Crippen LogP contribution is -2.37. The minimum absolute atomic E-state index is 0.170. The van der Waals surface area contributed by atoms with Crippen LogP contribution in [-0.2, 0) is 20.9 Å². The van der Waals surface area contributed by atoms with Crippen LogP contribution in [0.3, 0.4) is 0 Å². The number of hydrogen-bond donors (Lipinski definition) is 3. The van der Waals surface area contributed by atoms with Gasteiger partial charge in [0.15, 0.2) is 18.1 Å². The summed E-state index contributed by atoms with van der Waals surface area (Å²) in [5, 5.41) is 9.72. The van der Waals surface area contributed by atoms with Gasteiger partial charge in [-0.3, -0.25) is 14.4 Å². The summed E-state index contributed by atoms with van der Waals surface area (Å²) in [4.78, 5) is 36.2. The third-order valence-corrected chi connectivity index (χ3v) is 5.33. The number of hydrazone groups is 1. The summed E-state index contributed by atoms with van der Waals surface area (Å²) < 4.78 is 15.9. The van der Waals surface area contributed by atoms with Crippen LogP contribution in [0.5, 0.6) is 17.2 Å². The molecule has 0 radical (unpaired) electrons. The summed E-state index contributed by atoms with van der Waals surface area (Å²) in [5.74, 6) is -0.856. The first-order valence-corrected chi connectivity index (χ1v) is 11.8. The van der Waals surface area contributed by atoms with E-state index in [1.807, 2.05) is 0 Å². The topological polar surface area (TPSA) is 127 Å². The smallest absolute Gasteiger partial charge is 0.329 e. The molecule has 3 aromatic carbocycles. The van der Waals surface area contributed by atoms with E-state index in [9.17, 15) is 14.4 Å². The lowest BCUT2D eigenvalue weighted by Gasteiger charge is -2.12. The van der Waals surface area contributed by atoms with Crippen LogP contribution in [0.15, 0.2) is 65.8 Å². The van der Waals surface area contributed by atoms with Crippen LogP contribution in [0.4, 0.5) is 5.69 Å². The normalized spacial score (nSPS) is 10.5. The van der Waals surface area contributed by atoms with Crippen LogP contribution >= 0.6 is 23.2 Å². The highest BCUT2D eigenvalue weighted by atomic mass is 35.5. The van der Waals surface area contributed by atoms with Gasteiger partial charge in [-0.25, -0.2) is 5.43 Å². The van der Waals surface area contributed by atoms with E-state index >= 15 is 0 Å². The van der Waals surface area contributed by atoms with Crippen molar-refractivity contribution in [3.05, 3.63) is 81.8 Å². The molecule has 38 heavy (non-hydrogen) atoms. The molecule has 3 aromatic rings. The highest BCUT2D eigenvalue weighted by Gasteiger charge is 2.13. The molecule has 12 heteroatoms. The number of hydrogen-bond acceptors (Lipinski definition) is 7. The van der Waals surface area contributed by atoms with Gasteiger partial charge >= 0.3 is 11.8 Å². The molecule has 3 rings (SSSR count). The van der Waals surface area contributed by atoms with Crippen molar-refractivity contribution in [1.29, 1.82) is 0 Å². The van der Waals surface area contributed by atoms with E-state index in [2.05, 4.69) is 21.2 Å².